The maximum absolute atomic E-state index is 12.2. The minimum atomic E-state index is -0.395. The van der Waals surface area contributed by atoms with Crippen LogP contribution in [-0.4, -0.2) is 18.7 Å². The van der Waals surface area contributed by atoms with Crippen LogP contribution in [0.5, 0.6) is 0 Å². The van der Waals surface area contributed by atoms with Crippen molar-refractivity contribution >= 4 is 11.2 Å². The first-order valence-electron chi connectivity index (χ1n) is 6.82. The first-order chi connectivity index (χ1) is 10.6. The molecule has 0 N–H and O–H groups in total. The number of imidazole rings is 1. The van der Waals surface area contributed by atoms with Gasteiger partial charge in [0.1, 0.15) is 6.73 Å². The highest BCUT2D eigenvalue weighted by Crippen LogP contribution is 2.07. The predicted octanol–water partition coefficient (Wildman–Crippen LogP) is 0.608. The second kappa shape index (κ2) is 5.61. The summed E-state index contributed by atoms with van der Waals surface area (Å²) in [5.41, 5.74) is 0.994. The molecule has 7 heteroatoms. The van der Waals surface area contributed by atoms with Crippen molar-refractivity contribution in [2.75, 3.05) is 0 Å². The largest absolute Gasteiger partial charge is 0.356 e. The monoisotopic (exact) mass is 300 g/mol. The third kappa shape index (κ3) is 2.35. The lowest BCUT2D eigenvalue weighted by atomic mass is 10.2. The Bertz CT molecular complexity index is 922. The van der Waals surface area contributed by atoms with E-state index in [4.69, 9.17) is 4.74 Å². The van der Waals surface area contributed by atoms with Gasteiger partial charge < -0.3 is 9.30 Å². The minimum Gasteiger partial charge on any atom is -0.356 e. The zero-order valence-corrected chi connectivity index (χ0v) is 12.4. The zero-order chi connectivity index (χ0) is 15.7. The molecule has 1 aromatic carbocycles. The van der Waals surface area contributed by atoms with E-state index in [1.807, 2.05) is 30.3 Å². The van der Waals surface area contributed by atoms with Crippen molar-refractivity contribution in [2.24, 2.45) is 14.1 Å². The topological polar surface area (TPSA) is 71.0 Å². The molecule has 2 heterocycles. The highest BCUT2D eigenvalue weighted by molar-refractivity contribution is 5.69. The van der Waals surface area contributed by atoms with E-state index in [1.165, 1.54) is 17.9 Å². The normalized spacial score (nSPS) is 11.2. The summed E-state index contributed by atoms with van der Waals surface area (Å²) in [7, 11) is 3.04. The van der Waals surface area contributed by atoms with Gasteiger partial charge in [-0.05, 0) is 5.56 Å². The third-order valence-corrected chi connectivity index (χ3v) is 3.56. The van der Waals surface area contributed by atoms with Crippen LogP contribution in [0.15, 0.2) is 46.2 Å². The molecule has 2 aromatic heterocycles. The molecule has 0 aliphatic rings. The van der Waals surface area contributed by atoms with Crippen LogP contribution < -0.4 is 11.2 Å². The Hall–Kier alpha value is -2.67. The number of fused-ring (bicyclic) bond motifs is 1. The van der Waals surface area contributed by atoms with Crippen molar-refractivity contribution in [3.8, 4) is 0 Å². The number of hydrogen-bond donors (Lipinski definition) is 0. The molecule has 0 atom stereocenters. The van der Waals surface area contributed by atoms with E-state index in [1.54, 1.807) is 11.6 Å². The summed E-state index contributed by atoms with van der Waals surface area (Å²) in [6, 6.07) is 9.76. The lowest BCUT2D eigenvalue weighted by Gasteiger charge is -2.07. The smallest absolute Gasteiger partial charge is 0.332 e. The number of rotatable bonds is 4. The molecule has 0 amide bonds. The van der Waals surface area contributed by atoms with Crippen LogP contribution in [0, 0.1) is 0 Å². The number of aryl methyl sites for hydroxylation is 1. The van der Waals surface area contributed by atoms with Crippen molar-refractivity contribution in [1.82, 2.24) is 18.7 Å². The molecule has 0 saturated heterocycles. The van der Waals surface area contributed by atoms with Crippen LogP contribution in [0.1, 0.15) is 5.56 Å². The highest BCUT2D eigenvalue weighted by Gasteiger charge is 2.13. The molecule has 0 spiro atoms. The molecular formula is C15H16N4O3. The summed E-state index contributed by atoms with van der Waals surface area (Å²) in [6.45, 7) is 0.630. The van der Waals surface area contributed by atoms with E-state index in [0.717, 1.165) is 10.1 Å². The molecule has 7 nitrogen and oxygen atoms in total. The average molecular weight is 300 g/mol. The van der Waals surface area contributed by atoms with Crippen molar-refractivity contribution in [3.05, 3.63) is 63.1 Å². The quantitative estimate of drug-likeness (QED) is 0.708. The summed E-state index contributed by atoms with van der Waals surface area (Å²) in [5.74, 6) is 0. The van der Waals surface area contributed by atoms with Gasteiger partial charge in [-0.1, -0.05) is 30.3 Å². The lowest BCUT2D eigenvalue weighted by molar-refractivity contribution is 0.0663. The standard InChI is InChI=1S/C15H16N4O3/c1-17-13-12(14(20)18(2)15(17)21)19(9-16-13)10-22-8-11-6-4-3-5-7-11/h3-7,9H,8,10H2,1-2H3. The Labute approximate surface area is 126 Å². The molecule has 0 aliphatic carbocycles. The second-order valence-electron chi connectivity index (χ2n) is 5.06. The zero-order valence-electron chi connectivity index (χ0n) is 12.4. The molecule has 0 radical (unpaired) electrons. The Kier molecular flexibility index (Phi) is 3.64. The van der Waals surface area contributed by atoms with Crippen molar-refractivity contribution in [3.63, 3.8) is 0 Å². The minimum absolute atomic E-state index is 0.193. The first kappa shape index (κ1) is 14.3. The molecule has 0 fully saturated rings. The maximum Gasteiger partial charge on any atom is 0.332 e. The van der Waals surface area contributed by atoms with Gasteiger partial charge in [-0.25, -0.2) is 9.78 Å². The molecule has 0 unspecified atom stereocenters. The van der Waals surface area contributed by atoms with Crippen LogP contribution in [0.2, 0.25) is 0 Å². The third-order valence-electron chi connectivity index (χ3n) is 3.56. The fraction of sp³-hybridized carbons (Fsp3) is 0.267. The van der Waals surface area contributed by atoms with E-state index in [2.05, 4.69) is 4.98 Å². The molecule has 0 aliphatic heterocycles. The SMILES string of the molecule is Cn1c(=O)c2c(ncn2COCc2ccccc2)n(C)c1=O. The number of benzene rings is 1. The van der Waals surface area contributed by atoms with Crippen LogP contribution in [0.25, 0.3) is 11.2 Å². The molecule has 22 heavy (non-hydrogen) atoms. The van der Waals surface area contributed by atoms with Crippen LogP contribution in [0.4, 0.5) is 0 Å². The fourth-order valence-electron chi connectivity index (χ4n) is 2.33. The maximum atomic E-state index is 12.2. The van der Waals surface area contributed by atoms with Crippen molar-refractivity contribution < 1.29 is 4.74 Å². The van der Waals surface area contributed by atoms with E-state index in [9.17, 15) is 9.59 Å². The summed E-state index contributed by atoms with van der Waals surface area (Å²) >= 11 is 0. The van der Waals surface area contributed by atoms with Gasteiger partial charge in [-0.3, -0.25) is 13.9 Å². The number of hydrogen-bond acceptors (Lipinski definition) is 4. The van der Waals surface area contributed by atoms with Gasteiger partial charge in [-0.15, -0.1) is 0 Å². The summed E-state index contributed by atoms with van der Waals surface area (Å²) in [4.78, 5) is 28.2. The van der Waals surface area contributed by atoms with Crippen molar-refractivity contribution in [2.45, 2.75) is 13.3 Å². The molecule has 3 rings (SSSR count). The predicted molar refractivity (Wildman–Crippen MR) is 81.4 cm³/mol. The van der Waals surface area contributed by atoms with Gasteiger partial charge in [0.2, 0.25) is 0 Å². The fourth-order valence-corrected chi connectivity index (χ4v) is 2.33. The van der Waals surface area contributed by atoms with Crippen LogP contribution >= 0.6 is 0 Å². The highest BCUT2D eigenvalue weighted by atomic mass is 16.5. The molecule has 3 aromatic rings. The van der Waals surface area contributed by atoms with Crippen LogP contribution in [0.3, 0.4) is 0 Å². The number of ether oxygens (including phenoxy) is 1. The first-order valence-corrected chi connectivity index (χ1v) is 6.82. The Balaban J connectivity index is 1.89. The summed E-state index contributed by atoms with van der Waals surface area (Å²) in [5, 5.41) is 0. The van der Waals surface area contributed by atoms with Gasteiger partial charge in [0, 0.05) is 14.1 Å². The number of aromatic nitrogens is 4. The molecule has 0 saturated carbocycles. The lowest BCUT2D eigenvalue weighted by Crippen LogP contribution is -2.37. The van der Waals surface area contributed by atoms with E-state index < -0.39 is 5.69 Å². The Morgan fingerprint density at radius 1 is 1.09 bits per heavy atom. The van der Waals surface area contributed by atoms with Gasteiger partial charge in [-0.2, -0.15) is 0 Å². The summed E-state index contributed by atoms with van der Waals surface area (Å²) < 4.78 is 9.65. The van der Waals surface area contributed by atoms with Crippen LogP contribution in [-0.2, 0) is 32.2 Å². The molecular weight excluding hydrogens is 284 g/mol. The van der Waals surface area contributed by atoms with Crippen molar-refractivity contribution in [1.29, 1.82) is 0 Å². The van der Waals surface area contributed by atoms with Gasteiger partial charge >= 0.3 is 5.69 Å². The van der Waals surface area contributed by atoms with E-state index in [-0.39, 0.29) is 12.3 Å². The van der Waals surface area contributed by atoms with Gasteiger partial charge in [0.05, 0.1) is 12.9 Å². The second-order valence-corrected chi connectivity index (χ2v) is 5.06. The average Bonchev–Trinajstić information content (AvgIpc) is 2.96. The van der Waals surface area contributed by atoms with E-state index >= 15 is 0 Å². The van der Waals surface area contributed by atoms with Gasteiger partial charge in [0.25, 0.3) is 5.56 Å². The summed E-state index contributed by atoms with van der Waals surface area (Å²) in [6.07, 6.45) is 1.51. The molecule has 114 valence electrons. The number of nitrogens with zero attached hydrogens (tertiary/aromatic N) is 4. The Morgan fingerprint density at radius 2 is 1.82 bits per heavy atom. The molecule has 0 bridgehead atoms. The Morgan fingerprint density at radius 3 is 2.55 bits per heavy atom. The van der Waals surface area contributed by atoms with Gasteiger partial charge in [0.15, 0.2) is 11.2 Å². The van der Waals surface area contributed by atoms with E-state index in [0.29, 0.717) is 17.8 Å².